The topological polar surface area (TPSA) is 284 Å². The Kier molecular flexibility index (Phi) is 24.1. The van der Waals surface area contributed by atoms with Gasteiger partial charge in [0.25, 0.3) is 0 Å². The molecule has 418 valence electrons. The molecule has 0 unspecified atom stereocenters. The summed E-state index contributed by atoms with van der Waals surface area (Å²) in [5.74, 6) is 18.0. The summed E-state index contributed by atoms with van der Waals surface area (Å²) in [7, 11) is 5.68. The molecular formula is C54H58O24. The fourth-order valence-corrected chi connectivity index (χ4v) is 7.54. The van der Waals surface area contributed by atoms with Crippen molar-refractivity contribution in [2.75, 3.05) is 54.9 Å². The van der Waals surface area contributed by atoms with Crippen LogP contribution in [0.15, 0.2) is 24.3 Å². The number of methoxy groups -OCH3 is 4. The van der Waals surface area contributed by atoms with Crippen LogP contribution in [0.1, 0.15) is 77.6 Å². The predicted octanol–water partition coefficient (Wildman–Crippen LogP) is 2.03. The van der Waals surface area contributed by atoms with Crippen LogP contribution >= 0.6 is 0 Å². The third kappa shape index (κ3) is 18.6. The molecule has 2 fully saturated rings. The van der Waals surface area contributed by atoms with Gasteiger partial charge in [-0.1, -0.05) is 23.7 Å². The Bertz CT molecular complexity index is 2620. The Hall–Kier alpha value is -8.52. The summed E-state index contributed by atoms with van der Waals surface area (Å²) in [4.78, 5) is 96.3. The van der Waals surface area contributed by atoms with Crippen LogP contribution in [0.5, 0.6) is 23.0 Å². The number of carbonyl (C=O) groups excluding carboxylic acids is 8. The van der Waals surface area contributed by atoms with E-state index in [0.29, 0.717) is 45.3 Å². The Morgan fingerprint density at radius 3 is 0.923 bits per heavy atom. The van der Waals surface area contributed by atoms with E-state index >= 15 is 0 Å². The first-order chi connectivity index (χ1) is 37.1. The maximum absolute atomic E-state index is 12.2. The van der Waals surface area contributed by atoms with Crippen LogP contribution in [0.4, 0.5) is 0 Å². The lowest BCUT2D eigenvalue weighted by Crippen LogP contribution is -2.63. The van der Waals surface area contributed by atoms with E-state index in [1.165, 1.54) is 28.4 Å². The van der Waals surface area contributed by atoms with Crippen molar-refractivity contribution in [3.63, 3.8) is 0 Å². The molecular weight excluding hydrogens is 1030 g/mol. The van der Waals surface area contributed by atoms with E-state index in [0.717, 1.165) is 55.4 Å². The molecule has 0 aliphatic carbocycles. The molecule has 2 aromatic carbocycles. The number of esters is 8. The summed E-state index contributed by atoms with van der Waals surface area (Å²) >= 11 is 0. The first-order valence-corrected chi connectivity index (χ1v) is 23.4. The van der Waals surface area contributed by atoms with E-state index in [4.69, 9.17) is 75.8 Å². The molecule has 2 heterocycles. The molecule has 2 aliphatic heterocycles. The number of rotatable bonds is 18. The van der Waals surface area contributed by atoms with Crippen LogP contribution in [-0.2, 0) is 95.2 Å². The summed E-state index contributed by atoms with van der Waals surface area (Å²) in [6.07, 6.45) is -13.8. The summed E-state index contributed by atoms with van der Waals surface area (Å²) < 4.78 is 88.8. The van der Waals surface area contributed by atoms with Crippen molar-refractivity contribution in [3.8, 4) is 70.4 Å². The molecule has 24 heteroatoms. The highest BCUT2D eigenvalue weighted by molar-refractivity contribution is 5.70. The molecule has 0 aromatic heterocycles. The van der Waals surface area contributed by atoms with E-state index in [1.54, 1.807) is 24.3 Å². The lowest BCUT2D eigenvalue weighted by Gasteiger charge is -2.43. The molecule has 24 nitrogen and oxygen atoms in total. The van der Waals surface area contributed by atoms with Gasteiger partial charge in [-0.2, -0.15) is 0 Å². The summed E-state index contributed by atoms with van der Waals surface area (Å²) in [5.41, 5.74) is 1.46. The Morgan fingerprint density at radius 1 is 0.385 bits per heavy atom. The van der Waals surface area contributed by atoms with E-state index in [9.17, 15) is 38.4 Å². The van der Waals surface area contributed by atoms with Gasteiger partial charge >= 0.3 is 47.8 Å². The minimum absolute atomic E-state index is 0.291. The van der Waals surface area contributed by atoms with Crippen LogP contribution in [0.3, 0.4) is 0 Å². The highest BCUT2D eigenvalue weighted by Gasteiger charge is 2.54. The number of benzene rings is 2. The van der Waals surface area contributed by atoms with Crippen molar-refractivity contribution in [1.29, 1.82) is 0 Å². The van der Waals surface area contributed by atoms with Crippen LogP contribution in [0, 0.1) is 47.4 Å². The zero-order valence-electron chi connectivity index (χ0n) is 44.7. The van der Waals surface area contributed by atoms with Crippen molar-refractivity contribution >= 4 is 47.8 Å². The van der Waals surface area contributed by atoms with Crippen LogP contribution in [0.2, 0.25) is 0 Å². The fraction of sp³-hybridized carbons (Fsp3) is 0.481. The van der Waals surface area contributed by atoms with E-state index < -0.39 is 122 Å². The van der Waals surface area contributed by atoms with Crippen molar-refractivity contribution in [3.05, 3.63) is 46.5 Å². The highest BCUT2D eigenvalue weighted by Crippen LogP contribution is 2.33. The number of hydrogen-bond acceptors (Lipinski definition) is 24. The molecule has 78 heavy (non-hydrogen) atoms. The Balaban J connectivity index is 1.55. The molecule has 10 atom stereocenters. The Morgan fingerprint density at radius 2 is 0.654 bits per heavy atom. The molecule has 2 aromatic rings. The van der Waals surface area contributed by atoms with Crippen molar-refractivity contribution in [1.82, 2.24) is 0 Å². The Labute approximate surface area is 449 Å². The molecule has 0 N–H and O–H groups in total. The van der Waals surface area contributed by atoms with Gasteiger partial charge in [-0.3, -0.25) is 38.4 Å². The minimum atomic E-state index is -1.45. The van der Waals surface area contributed by atoms with Gasteiger partial charge in [0, 0.05) is 79.7 Å². The smallest absolute Gasteiger partial charge is 0.303 e. The predicted molar refractivity (Wildman–Crippen MR) is 262 cm³/mol. The quantitative estimate of drug-likeness (QED) is 0.117. The maximum atomic E-state index is 12.2. The number of carbonyl (C=O) groups is 8. The SMILES string of the molecule is COc1cc(C#CCO[C@@H]2O[C@H](COC(C)=O)[C@@H](OC(C)=O)[C@H](OC(C)=O)[C@H]2OC(C)=O)c(OC)cc1C#CC#Cc1cc(OC)c(C#CCO[C@@H]2O[C@H](COC(C)=O)[C@@H](OC(C)=O)[C@H](OC(C)=O)[C@H]2OC(C)=O)cc1OC. The molecule has 0 saturated carbocycles. The first kappa shape index (κ1) is 62.0. The van der Waals surface area contributed by atoms with Crippen molar-refractivity contribution in [2.45, 2.75) is 117 Å². The second kappa shape index (κ2) is 30.3. The lowest BCUT2D eigenvalue weighted by atomic mass is 9.98. The van der Waals surface area contributed by atoms with Gasteiger partial charge in [0.1, 0.15) is 61.6 Å². The third-order valence-electron chi connectivity index (χ3n) is 10.5. The second-order valence-corrected chi connectivity index (χ2v) is 16.4. The van der Waals surface area contributed by atoms with Gasteiger partial charge in [-0.15, -0.1) is 0 Å². The zero-order chi connectivity index (χ0) is 57.6. The molecule has 0 amide bonds. The second-order valence-electron chi connectivity index (χ2n) is 16.4. The lowest BCUT2D eigenvalue weighted by molar-refractivity contribution is -0.305. The monoisotopic (exact) mass is 1090 g/mol. The first-order valence-electron chi connectivity index (χ1n) is 23.4. The number of hydrogen-bond donors (Lipinski definition) is 0. The average Bonchev–Trinajstić information content (AvgIpc) is 3.36. The normalized spacial score (nSPS) is 21.8. The highest BCUT2D eigenvalue weighted by atomic mass is 16.7. The number of ether oxygens (including phenoxy) is 16. The third-order valence-corrected chi connectivity index (χ3v) is 10.5. The standard InChI is InChI=1S/C54H58O24/c1-29(55)69-27-45-47(71-31(3)57)49(73-33(5)59)51(75-35(7)61)53(77-45)67-21-15-19-39-25-41(63-9)37(23-43(39)65-11)17-13-14-18-38-24-44(66-12)40(26-42(38)64-10)20-16-22-68-54-52(76-36(8)62)50(74-34(6)60)48(72-32(4)58)46(78-54)28-70-30(2)56/h23-26,45-54H,21-22,27-28H2,1-12H3/t45-,46-,47-,48-,49+,50+,51-,52-,53-,54-/m1/s1. The van der Waals surface area contributed by atoms with Crippen LogP contribution in [0.25, 0.3) is 0 Å². The average molecular weight is 1090 g/mol. The molecule has 0 spiro atoms. The van der Waals surface area contributed by atoms with Crippen LogP contribution < -0.4 is 18.9 Å². The van der Waals surface area contributed by atoms with Gasteiger partial charge in [-0.25, -0.2) is 0 Å². The van der Waals surface area contributed by atoms with E-state index in [1.807, 2.05) is 0 Å². The van der Waals surface area contributed by atoms with Gasteiger partial charge in [0.15, 0.2) is 49.2 Å². The molecule has 0 bridgehead atoms. The van der Waals surface area contributed by atoms with Crippen molar-refractivity contribution in [2.24, 2.45) is 0 Å². The van der Waals surface area contributed by atoms with Gasteiger partial charge in [0.2, 0.25) is 0 Å². The van der Waals surface area contributed by atoms with Crippen LogP contribution in [-0.4, -0.2) is 164 Å². The summed E-state index contributed by atoms with van der Waals surface area (Å²) in [6.45, 7) is 7.34. The fourth-order valence-electron chi connectivity index (χ4n) is 7.54. The van der Waals surface area contributed by atoms with E-state index in [2.05, 4.69) is 47.4 Å². The summed E-state index contributed by atoms with van der Waals surface area (Å²) in [6, 6.07) is 6.30. The minimum Gasteiger partial charge on any atom is -0.495 e. The van der Waals surface area contributed by atoms with Gasteiger partial charge in [0.05, 0.1) is 50.7 Å². The molecule has 4 rings (SSSR count). The zero-order valence-corrected chi connectivity index (χ0v) is 44.7. The molecule has 2 saturated heterocycles. The maximum Gasteiger partial charge on any atom is 0.303 e. The largest absolute Gasteiger partial charge is 0.495 e. The molecule has 0 radical (unpaired) electrons. The van der Waals surface area contributed by atoms with E-state index in [-0.39, 0.29) is 13.2 Å². The van der Waals surface area contributed by atoms with Crippen molar-refractivity contribution < 1.29 is 114 Å². The van der Waals surface area contributed by atoms with Gasteiger partial charge < -0.3 is 75.8 Å². The molecule has 2 aliphatic rings. The summed E-state index contributed by atoms with van der Waals surface area (Å²) in [5, 5.41) is 0. The van der Waals surface area contributed by atoms with Gasteiger partial charge in [-0.05, 0) is 23.7 Å².